The van der Waals surface area contributed by atoms with E-state index in [1.165, 1.54) is 11.3 Å². The van der Waals surface area contributed by atoms with Gasteiger partial charge in [-0.25, -0.2) is 4.98 Å². The van der Waals surface area contributed by atoms with Crippen molar-refractivity contribution in [3.63, 3.8) is 0 Å². The summed E-state index contributed by atoms with van der Waals surface area (Å²) in [6.07, 6.45) is 0. The fourth-order valence-electron chi connectivity index (χ4n) is 2.70. The van der Waals surface area contributed by atoms with E-state index in [-0.39, 0.29) is 6.61 Å². The molecule has 0 unspecified atom stereocenters. The number of carbonyl (C=O) groups excluding carboxylic acids is 2. The first kappa shape index (κ1) is 19.6. The first-order chi connectivity index (χ1) is 13.4. The topological polar surface area (TPSA) is 80.3 Å². The second kappa shape index (κ2) is 8.67. The van der Waals surface area contributed by atoms with Crippen LogP contribution in [0.1, 0.15) is 26.5 Å². The lowest BCUT2D eigenvalue weighted by atomic mass is 10.1. The highest BCUT2D eigenvalue weighted by Gasteiger charge is 2.16. The molecule has 1 heterocycles. The van der Waals surface area contributed by atoms with E-state index < -0.39 is 11.8 Å². The summed E-state index contributed by atoms with van der Waals surface area (Å²) in [6, 6.07) is 15.4. The summed E-state index contributed by atoms with van der Waals surface area (Å²) in [4.78, 5) is 29.2. The summed E-state index contributed by atoms with van der Waals surface area (Å²) in [5.41, 5.74) is 8.45. The molecule has 0 atom stereocenters. The number of nitrogens with one attached hydrogen (secondary N) is 2. The summed E-state index contributed by atoms with van der Waals surface area (Å²) in [5.74, 6) is -0.236. The fourth-order valence-corrected chi connectivity index (χ4v) is 3.66. The maximum Gasteiger partial charge on any atom is 0.281 e. The molecule has 0 bridgehead atoms. The van der Waals surface area contributed by atoms with Crippen LogP contribution in [0.3, 0.4) is 0 Å². The number of rotatable bonds is 5. The van der Waals surface area contributed by atoms with Crippen molar-refractivity contribution < 1.29 is 14.3 Å². The highest BCUT2D eigenvalue weighted by atomic mass is 32.1. The molecule has 0 aliphatic rings. The Balaban J connectivity index is 1.55. The number of aryl methyl sites for hydroxylation is 3. The molecule has 0 aliphatic heterocycles. The highest BCUT2D eigenvalue weighted by molar-refractivity contribution is 7.17. The van der Waals surface area contributed by atoms with E-state index in [0.29, 0.717) is 16.3 Å². The summed E-state index contributed by atoms with van der Waals surface area (Å²) >= 11 is 1.28. The Morgan fingerprint density at radius 1 is 1.00 bits per heavy atom. The molecule has 28 heavy (non-hydrogen) atoms. The minimum atomic E-state index is -0.446. The Morgan fingerprint density at radius 3 is 2.36 bits per heavy atom. The molecule has 6 nitrogen and oxygen atoms in total. The molecule has 1 aromatic heterocycles. The summed E-state index contributed by atoms with van der Waals surface area (Å²) in [7, 11) is 0. The third kappa shape index (κ3) is 4.95. The van der Waals surface area contributed by atoms with Gasteiger partial charge in [0.1, 0.15) is 15.6 Å². The molecule has 0 spiro atoms. The van der Waals surface area contributed by atoms with Gasteiger partial charge in [0.25, 0.3) is 11.8 Å². The number of hydrazine groups is 1. The van der Waals surface area contributed by atoms with E-state index in [0.717, 1.165) is 21.7 Å². The Morgan fingerprint density at radius 2 is 1.68 bits per heavy atom. The molecule has 0 saturated carbocycles. The Hall–Kier alpha value is -3.19. The van der Waals surface area contributed by atoms with Crippen molar-refractivity contribution in [3.8, 4) is 16.3 Å². The number of thiazole rings is 1. The van der Waals surface area contributed by atoms with Crippen molar-refractivity contribution in [1.82, 2.24) is 15.8 Å². The number of amides is 2. The summed E-state index contributed by atoms with van der Waals surface area (Å²) < 4.78 is 5.48. The van der Waals surface area contributed by atoms with E-state index in [4.69, 9.17) is 4.74 Å². The molecule has 2 N–H and O–H groups in total. The van der Waals surface area contributed by atoms with Crippen LogP contribution in [0.4, 0.5) is 0 Å². The predicted octanol–water partition coefficient (Wildman–Crippen LogP) is 3.58. The van der Waals surface area contributed by atoms with Crippen LogP contribution >= 0.6 is 11.3 Å². The third-order valence-electron chi connectivity index (χ3n) is 3.90. The fraction of sp³-hybridized carbons (Fsp3) is 0.190. The predicted molar refractivity (Wildman–Crippen MR) is 109 cm³/mol. The zero-order chi connectivity index (χ0) is 20.1. The largest absolute Gasteiger partial charge is 0.484 e. The SMILES string of the molecule is Cc1cc(C)cc(OCC(=O)NNC(=O)c2sc(-c3ccccc3)nc2C)c1. The van der Waals surface area contributed by atoms with Crippen molar-refractivity contribution in [2.45, 2.75) is 20.8 Å². The summed E-state index contributed by atoms with van der Waals surface area (Å²) in [6.45, 7) is 5.49. The Kier molecular flexibility index (Phi) is 6.06. The Bertz CT molecular complexity index is 979. The first-order valence-corrected chi connectivity index (χ1v) is 9.57. The second-order valence-corrected chi connectivity index (χ2v) is 7.41. The van der Waals surface area contributed by atoms with E-state index in [9.17, 15) is 9.59 Å². The lowest BCUT2D eigenvalue weighted by Crippen LogP contribution is -2.43. The van der Waals surface area contributed by atoms with Crippen LogP contribution < -0.4 is 15.6 Å². The van der Waals surface area contributed by atoms with Crippen LogP contribution in [0, 0.1) is 20.8 Å². The van der Waals surface area contributed by atoms with Crippen LogP contribution in [0.2, 0.25) is 0 Å². The molecule has 0 saturated heterocycles. The van der Waals surface area contributed by atoms with Crippen LogP contribution in [-0.2, 0) is 4.79 Å². The van der Waals surface area contributed by atoms with Gasteiger partial charge < -0.3 is 4.74 Å². The quantitative estimate of drug-likeness (QED) is 0.647. The van der Waals surface area contributed by atoms with E-state index in [1.807, 2.05) is 62.4 Å². The van der Waals surface area contributed by atoms with Gasteiger partial charge in [-0.2, -0.15) is 0 Å². The van der Waals surface area contributed by atoms with Gasteiger partial charge in [0.15, 0.2) is 6.61 Å². The van der Waals surface area contributed by atoms with Crippen LogP contribution in [-0.4, -0.2) is 23.4 Å². The van der Waals surface area contributed by atoms with E-state index >= 15 is 0 Å². The van der Waals surface area contributed by atoms with E-state index in [1.54, 1.807) is 6.92 Å². The summed E-state index contributed by atoms with van der Waals surface area (Å²) in [5, 5.41) is 0.757. The number of benzene rings is 2. The van der Waals surface area contributed by atoms with Gasteiger partial charge in [0.05, 0.1) is 5.69 Å². The molecule has 3 rings (SSSR count). The molecule has 2 aromatic carbocycles. The van der Waals surface area contributed by atoms with Crippen LogP contribution in [0.25, 0.3) is 10.6 Å². The molecule has 0 radical (unpaired) electrons. The van der Waals surface area contributed by atoms with Crippen LogP contribution in [0.15, 0.2) is 48.5 Å². The van der Waals surface area contributed by atoms with Gasteiger partial charge in [0.2, 0.25) is 0 Å². The van der Waals surface area contributed by atoms with Crippen molar-refractivity contribution >= 4 is 23.2 Å². The molecule has 144 valence electrons. The molecular formula is C21H21N3O3S. The zero-order valence-electron chi connectivity index (χ0n) is 15.9. The zero-order valence-corrected chi connectivity index (χ0v) is 16.7. The molecular weight excluding hydrogens is 374 g/mol. The molecule has 7 heteroatoms. The van der Waals surface area contributed by atoms with Crippen molar-refractivity contribution in [2.24, 2.45) is 0 Å². The van der Waals surface area contributed by atoms with Crippen LogP contribution in [0.5, 0.6) is 5.75 Å². The number of carbonyl (C=O) groups is 2. The van der Waals surface area contributed by atoms with Crippen molar-refractivity contribution in [2.75, 3.05) is 6.61 Å². The normalized spacial score (nSPS) is 10.4. The maximum atomic E-state index is 12.4. The van der Waals surface area contributed by atoms with Gasteiger partial charge in [-0.3, -0.25) is 20.4 Å². The highest BCUT2D eigenvalue weighted by Crippen LogP contribution is 2.27. The molecule has 0 aliphatic carbocycles. The van der Waals surface area contributed by atoms with Crippen molar-refractivity contribution in [3.05, 3.63) is 70.2 Å². The van der Waals surface area contributed by atoms with Crippen molar-refractivity contribution in [1.29, 1.82) is 0 Å². The average Bonchev–Trinajstić information content (AvgIpc) is 3.06. The lowest BCUT2D eigenvalue weighted by Gasteiger charge is -2.09. The second-order valence-electron chi connectivity index (χ2n) is 6.41. The smallest absolute Gasteiger partial charge is 0.281 e. The third-order valence-corrected chi connectivity index (χ3v) is 5.11. The van der Waals surface area contributed by atoms with Gasteiger partial charge in [-0.1, -0.05) is 36.4 Å². The minimum absolute atomic E-state index is 0.194. The maximum absolute atomic E-state index is 12.4. The number of ether oxygens (including phenoxy) is 1. The van der Waals surface area contributed by atoms with Gasteiger partial charge in [-0.15, -0.1) is 11.3 Å². The average molecular weight is 395 g/mol. The lowest BCUT2D eigenvalue weighted by molar-refractivity contribution is -0.123. The number of aromatic nitrogens is 1. The van der Waals surface area contributed by atoms with Gasteiger partial charge in [0, 0.05) is 5.56 Å². The van der Waals surface area contributed by atoms with Gasteiger partial charge in [-0.05, 0) is 44.0 Å². The molecule has 3 aromatic rings. The van der Waals surface area contributed by atoms with Gasteiger partial charge >= 0.3 is 0 Å². The number of nitrogens with zero attached hydrogens (tertiary/aromatic N) is 1. The number of hydrogen-bond donors (Lipinski definition) is 2. The number of hydrogen-bond acceptors (Lipinski definition) is 5. The monoisotopic (exact) mass is 395 g/mol. The Labute approximate surface area is 167 Å². The standard InChI is InChI=1S/C21H21N3O3S/c1-13-9-14(2)11-17(10-13)27-12-18(25)23-24-20(26)19-15(3)22-21(28-19)16-7-5-4-6-8-16/h4-11H,12H2,1-3H3,(H,23,25)(H,24,26). The first-order valence-electron chi connectivity index (χ1n) is 8.75. The molecule has 0 fully saturated rings. The minimum Gasteiger partial charge on any atom is -0.484 e. The molecule has 2 amide bonds. The van der Waals surface area contributed by atoms with E-state index in [2.05, 4.69) is 15.8 Å².